The van der Waals surface area contributed by atoms with Gasteiger partial charge in [-0.2, -0.15) is 0 Å². The van der Waals surface area contributed by atoms with Crippen LogP contribution in [0.15, 0.2) is 36.9 Å². The highest BCUT2D eigenvalue weighted by molar-refractivity contribution is 6.35. The molecule has 0 aliphatic carbocycles. The van der Waals surface area contributed by atoms with Crippen LogP contribution in [0.4, 0.5) is 0 Å². The standard InChI is InChI=1S/C14H15Cl2N3O2/c1-10(19-5-4-17-9-19)7-18-14(20)8-21-13-3-2-11(15)6-12(13)16/h2-6,9-10H,7-8H2,1H3,(H,18,20). The Bertz CT molecular complexity index is 602. The molecule has 1 N–H and O–H groups in total. The van der Waals surface area contributed by atoms with Crippen molar-refractivity contribution in [2.24, 2.45) is 0 Å². The number of imidazole rings is 1. The van der Waals surface area contributed by atoms with Gasteiger partial charge >= 0.3 is 0 Å². The van der Waals surface area contributed by atoms with Crippen LogP contribution in [-0.2, 0) is 4.79 Å². The molecule has 1 heterocycles. The largest absolute Gasteiger partial charge is 0.482 e. The van der Waals surface area contributed by atoms with E-state index in [0.717, 1.165) is 0 Å². The van der Waals surface area contributed by atoms with Crippen LogP contribution in [-0.4, -0.2) is 28.6 Å². The highest BCUT2D eigenvalue weighted by atomic mass is 35.5. The van der Waals surface area contributed by atoms with Crippen molar-refractivity contribution in [3.63, 3.8) is 0 Å². The van der Waals surface area contributed by atoms with Crippen LogP contribution < -0.4 is 10.1 Å². The molecule has 1 aromatic heterocycles. The number of rotatable bonds is 6. The Labute approximate surface area is 132 Å². The maximum atomic E-state index is 11.7. The minimum absolute atomic E-state index is 0.0992. The number of nitrogens with one attached hydrogen (secondary N) is 1. The van der Waals surface area contributed by atoms with Crippen molar-refractivity contribution in [3.8, 4) is 5.75 Å². The van der Waals surface area contributed by atoms with E-state index in [4.69, 9.17) is 27.9 Å². The third kappa shape index (κ3) is 4.65. The summed E-state index contributed by atoms with van der Waals surface area (Å²) in [6, 6.07) is 4.97. The van der Waals surface area contributed by atoms with Crippen molar-refractivity contribution in [1.29, 1.82) is 0 Å². The summed E-state index contributed by atoms with van der Waals surface area (Å²) in [4.78, 5) is 15.7. The number of benzene rings is 1. The number of amides is 1. The molecular weight excluding hydrogens is 313 g/mol. The van der Waals surface area contributed by atoms with Gasteiger partial charge in [0.2, 0.25) is 0 Å². The summed E-state index contributed by atoms with van der Waals surface area (Å²) in [6.07, 6.45) is 5.26. The summed E-state index contributed by atoms with van der Waals surface area (Å²) in [5, 5.41) is 3.69. The average molecular weight is 328 g/mol. The summed E-state index contributed by atoms with van der Waals surface area (Å²) < 4.78 is 7.27. The normalized spacial score (nSPS) is 12.0. The highest BCUT2D eigenvalue weighted by Gasteiger charge is 2.09. The van der Waals surface area contributed by atoms with Crippen molar-refractivity contribution in [3.05, 3.63) is 47.0 Å². The first-order valence-corrected chi connectivity index (χ1v) is 7.14. The van der Waals surface area contributed by atoms with E-state index < -0.39 is 0 Å². The van der Waals surface area contributed by atoms with E-state index in [1.54, 1.807) is 30.7 Å². The van der Waals surface area contributed by atoms with E-state index >= 15 is 0 Å². The predicted octanol–water partition coefficient (Wildman–Crippen LogP) is 2.95. The van der Waals surface area contributed by atoms with Crippen LogP contribution in [0.25, 0.3) is 0 Å². The number of carbonyl (C=O) groups is 1. The molecule has 5 nitrogen and oxygen atoms in total. The number of halogens is 2. The Morgan fingerprint density at radius 1 is 1.48 bits per heavy atom. The van der Waals surface area contributed by atoms with E-state index in [1.807, 2.05) is 17.7 Å². The molecule has 0 aliphatic rings. The smallest absolute Gasteiger partial charge is 0.258 e. The van der Waals surface area contributed by atoms with E-state index in [-0.39, 0.29) is 18.6 Å². The zero-order valence-electron chi connectivity index (χ0n) is 11.4. The molecule has 1 amide bonds. The van der Waals surface area contributed by atoms with Gasteiger partial charge in [0.15, 0.2) is 6.61 Å². The molecule has 1 atom stereocenters. The molecule has 21 heavy (non-hydrogen) atoms. The van der Waals surface area contributed by atoms with Gasteiger partial charge in [-0.25, -0.2) is 4.98 Å². The zero-order chi connectivity index (χ0) is 15.2. The van der Waals surface area contributed by atoms with Crippen molar-refractivity contribution in [2.45, 2.75) is 13.0 Å². The predicted molar refractivity (Wildman–Crippen MR) is 81.9 cm³/mol. The molecule has 0 radical (unpaired) electrons. The number of nitrogens with zero attached hydrogens (tertiary/aromatic N) is 2. The Hall–Kier alpha value is -1.72. The molecule has 1 aromatic carbocycles. The van der Waals surface area contributed by atoms with Crippen molar-refractivity contribution in [2.75, 3.05) is 13.2 Å². The summed E-state index contributed by atoms with van der Waals surface area (Å²) in [5.41, 5.74) is 0. The lowest BCUT2D eigenvalue weighted by atomic mass is 10.3. The maximum Gasteiger partial charge on any atom is 0.258 e. The van der Waals surface area contributed by atoms with Crippen molar-refractivity contribution >= 4 is 29.1 Å². The molecule has 0 saturated heterocycles. The highest BCUT2D eigenvalue weighted by Crippen LogP contribution is 2.27. The first-order valence-electron chi connectivity index (χ1n) is 6.38. The van der Waals surface area contributed by atoms with Gasteiger partial charge in [-0.05, 0) is 25.1 Å². The van der Waals surface area contributed by atoms with E-state index in [9.17, 15) is 4.79 Å². The molecule has 0 saturated carbocycles. The van der Waals surface area contributed by atoms with Crippen molar-refractivity contribution in [1.82, 2.24) is 14.9 Å². The second kappa shape index (κ2) is 7.33. The van der Waals surface area contributed by atoms with Crippen LogP contribution in [0.1, 0.15) is 13.0 Å². The molecule has 1 unspecified atom stereocenters. The van der Waals surface area contributed by atoms with Gasteiger partial charge in [0.25, 0.3) is 5.91 Å². The SMILES string of the molecule is CC(CNC(=O)COc1ccc(Cl)cc1Cl)n1ccnc1. The third-order valence-electron chi connectivity index (χ3n) is 2.88. The number of ether oxygens (including phenoxy) is 1. The minimum Gasteiger partial charge on any atom is -0.482 e. The fraction of sp³-hybridized carbons (Fsp3) is 0.286. The number of hydrogen-bond donors (Lipinski definition) is 1. The van der Waals surface area contributed by atoms with Gasteiger partial charge in [0.1, 0.15) is 5.75 Å². The van der Waals surface area contributed by atoms with Gasteiger partial charge in [0.05, 0.1) is 11.3 Å². The Kier molecular flexibility index (Phi) is 5.47. The summed E-state index contributed by atoms with van der Waals surface area (Å²) >= 11 is 11.7. The second-order valence-electron chi connectivity index (χ2n) is 4.53. The van der Waals surface area contributed by atoms with E-state index in [2.05, 4.69) is 10.3 Å². The first-order chi connectivity index (χ1) is 10.1. The molecule has 112 valence electrons. The van der Waals surface area contributed by atoms with E-state index in [0.29, 0.717) is 22.3 Å². The molecule has 0 spiro atoms. The second-order valence-corrected chi connectivity index (χ2v) is 5.37. The summed E-state index contributed by atoms with van der Waals surface area (Å²) in [5.74, 6) is 0.215. The fourth-order valence-corrected chi connectivity index (χ4v) is 2.15. The van der Waals surface area contributed by atoms with Gasteiger partial charge in [-0.3, -0.25) is 4.79 Å². The molecule has 0 bridgehead atoms. The Balaban J connectivity index is 1.77. The maximum absolute atomic E-state index is 11.7. The zero-order valence-corrected chi connectivity index (χ0v) is 12.9. The third-order valence-corrected chi connectivity index (χ3v) is 3.41. The number of aromatic nitrogens is 2. The quantitative estimate of drug-likeness (QED) is 0.887. The monoisotopic (exact) mass is 327 g/mol. The fourth-order valence-electron chi connectivity index (χ4n) is 1.68. The van der Waals surface area contributed by atoms with Gasteiger partial charge in [-0.1, -0.05) is 23.2 Å². The summed E-state index contributed by atoms with van der Waals surface area (Å²) in [6.45, 7) is 2.38. The Morgan fingerprint density at radius 3 is 2.95 bits per heavy atom. The molecular formula is C14H15Cl2N3O2. The van der Waals surface area contributed by atoms with Crippen LogP contribution >= 0.6 is 23.2 Å². The first kappa shape index (κ1) is 15.7. The minimum atomic E-state index is -0.215. The van der Waals surface area contributed by atoms with Crippen LogP contribution in [0.2, 0.25) is 10.0 Å². The van der Waals surface area contributed by atoms with Gasteiger partial charge in [0, 0.05) is 30.0 Å². The lowest BCUT2D eigenvalue weighted by Crippen LogP contribution is -2.33. The number of hydrogen-bond acceptors (Lipinski definition) is 3. The number of carbonyl (C=O) groups excluding carboxylic acids is 1. The summed E-state index contributed by atoms with van der Waals surface area (Å²) in [7, 11) is 0. The topological polar surface area (TPSA) is 56.1 Å². The van der Waals surface area contributed by atoms with Crippen LogP contribution in [0, 0.1) is 0 Å². The lowest BCUT2D eigenvalue weighted by molar-refractivity contribution is -0.123. The van der Waals surface area contributed by atoms with Gasteiger partial charge in [-0.15, -0.1) is 0 Å². The van der Waals surface area contributed by atoms with Gasteiger partial charge < -0.3 is 14.6 Å². The molecule has 2 rings (SSSR count). The van der Waals surface area contributed by atoms with Crippen molar-refractivity contribution < 1.29 is 9.53 Å². The Morgan fingerprint density at radius 2 is 2.29 bits per heavy atom. The molecule has 2 aromatic rings. The molecule has 7 heteroatoms. The molecule has 0 fully saturated rings. The molecule has 0 aliphatic heterocycles. The van der Waals surface area contributed by atoms with E-state index in [1.165, 1.54) is 0 Å². The van der Waals surface area contributed by atoms with Crippen LogP contribution in [0.3, 0.4) is 0 Å². The lowest BCUT2D eigenvalue weighted by Gasteiger charge is -2.14. The van der Waals surface area contributed by atoms with Crippen LogP contribution in [0.5, 0.6) is 5.75 Å². The average Bonchev–Trinajstić information content (AvgIpc) is 2.98.